The van der Waals surface area contributed by atoms with Crippen LogP contribution >= 0.6 is 23.5 Å². The van der Waals surface area contributed by atoms with Gasteiger partial charge in [-0.25, -0.2) is 0 Å². The molecule has 150 valence electrons. The van der Waals surface area contributed by atoms with Crippen molar-refractivity contribution >= 4 is 46.4 Å². The van der Waals surface area contributed by atoms with Crippen molar-refractivity contribution in [2.24, 2.45) is 5.92 Å². The summed E-state index contributed by atoms with van der Waals surface area (Å²) in [4.78, 5) is 49.1. The quantitative estimate of drug-likeness (QED) is 0.563. The lowest BCUT2D eigenvalue weighted by Crippen LogP contribution is -2.73. The average Bonchev–Trinajstić information content (AvgIpc) is 2.69. The van der Waals surface area contributed by atoms with E-state index in [9.17, 15) is 29.4 Å². The van der Waals surface area contributed by atoms with Crippen molar-refractivity contribution in [2.45, 2.75) is 29.7 Å². The first kappa shape index (κ1) is 20.7. The van der Waals surface area contributed by atoms with Gasteiger partial charge < -0.3 is 20.4 Å². The van der Waals surface area contributed by atoms with Gasteiger partial charge in [0.1, 0.15) is 16.7 Å². The number of fused-ring (bicyclic) bond motifs is 1. The standard InChI is InChI=1S/C18H20N2O6S2/c1-9(21)27-8-11-7-20-16(24)12(17(20)28-14(11)18(25)26)19-15(23)13(22)10-5-3-2-4-6-10/h2-6,11-14,17,22H,7-8H2,1H3,(H,19,23)(H,25,26)/t11?,12?,13?,14?,17-/m1/s1. The maximum absolute atomic E-state index is 12.4. The number of carboxylic acids is 1. The number of β-lactam (4-membered cyclic amide) rings is 1. The fourth-order valence-corrected chi connectivity index (χ4v) is 5.62. The lowest BCUT2D eigenvalue weighted by molar-refractivity contribution is -0.152. The Hall–Kier alpha value is -2.04. The maximum Gasteiger partial charge on any atom is 0.317 e. The number of amides is 2. The Morgan fingerprint density at radius 2 is 2.00 bits per heavy atom. The highest BCUT2D eigenvalue weighted by molar-refractivity contribution is 8.13. The van der Waals surface area contributed by atoms with Gasteiger partial charge in [0.25, 0.3) is 5.91 Å². The third-order valence-corrected chi connectivity index (χ3v) is 7.38. The first-order valence-corrected chi connectivity index (χ1v) is 10.6. The molecule has 1 aromatic rings. The molecule has 1 aromatic carbocycles. The fourth-order valence-electron chi connectivity index (χ4n) is 3.26. The second kappa shape index (κ2) is 8.54. The number of aliphatic hydroxyl groups excluding tert-OH is 1. The van der Waals surface area contributed by atoms with E-state index in [1.165, 1.54) is 11.8 Å². The van der Waals surface area contributed by atoms with Crippen LogP contribution in [0.3, 0.4) is 0 Å². The van der Waals surface area contributed by atoms with Crippen molar-refractivity contribution in [2.75, 3.05) is 12.3 Å². The molecule has 2 aliphatic heterocycles. The summed E-state index contributed by atoms with van der Waals surface area (Å²) in [6, 6.07) is 7.47. The average molecular weight is 425 g/mol. The van der Waals surface area contributed by atoms with Gasteiger partial charge in [-0.1, -0.05) is 42.1 Å². The topological polar surface area (TPSA) is 124 Å². The number of benzene rings is 1. The van der Waals surface area contributed by atoms with Gasteiger partial charge in [0.15, 0.2) is 11.2 Å². The normalized spacial score (nSPS) is 27.4. The number of aliphatic hydroxyl groups is 1. The molecule has 2 fully saturated rings. The lowest BCUT2D eigenvalue weighted by atomic mass is 9.99. The van der Waals surface area contributed by atoms with Crippen LogP contribution in [0.4, 0.5) is 0 Å². The number of nitrogens with zero attached hydrogens (tertiary/aromatic N) is 1. The molecule has 28 heavy (non-hydrogen) atoms. The van der Waals surface area contributed by atoms with Crippen LogP contribution in [0, 0.1) is 5.92 Å². The minimum Gasteiger partial charge on any atom is -0.480 e. The van der Waals surface area contributed by atoms with Crippen LogP contribution in [-0.2, 0) is 19.2 Å². The summed E-state index contributed by atoms with van der Waals surface area (Å²) < 4.78 is 0. The van der Waals surface area contributed by atoms with Gasteiger partial charge in [0, 0.05) is 25.1 Å². The van der Waals surface area contributed by atoms with Gasteiger partial charge in [-0.15, -0.1) is 11.8 Å². The number of carboxylic acid groups (broad SMARTS) is 1. The fraction of sp³-hybridized carbons (Fsp3) is 0.444. The maximum atomic E-state index is 12.4. The van der Waals surface area contributed by atoms with Crippen molar-refractivity contribution in [3.8, 4) is 0 Å². The number of rotatable bonds is 6. The van der Waals surface area contributed by atoms with Crippen molar-refractivity contribution in [3.63, 3.8) is 0 Å². The van der Waals surface area contributed by atoms with E-state index in [1.54, 1.807) is 30.3 Å². The molecule has 5 atom stereocenters. The molecule has 10 heteroatoms. The molecule has 8 nitrogen and oxygen atoms in total. The van der Waals surface area contributed by atoms with E-state index in [1.807, 2.05) is 0 Å². The number of nitrogens with one attached hydrogen (secondary N) is 1. The van der Waals surface area contributed by atoms with E-state index in [0.29, 0.717) is 11.3 Å². The highest BCUT2D eigenvalue weighted by atomic mass is 32.2. The zero-order valence-electron chi connectivity index (χ0n) is 15.0. The van der Waals surface area contributed by atoms with Crippen LogP contribution in [0.15, 0.2) is 30.3 Å². The second-order valence-corrected chi connectivity index (χ2v) is 9.10. The van der Waals surface area contributed by atoms with Gasteiger partial charge >= 0.3 is 5.97 Å². The molecule has 0 saturated carbocycles. The number of hydrogen-bond acceptors (Lipinski definition) is 7. The molecule has 0 bridgehead atoms. The van der Waals surface area contributed by atoms with Gasteiger partial charge in [0.05, 0.1) is 0 Å². The van der Waals surface area contributed by atoms with Crippen LogP contribution in [0.25, 0.3) is 0 Å². The van der Waals surface area contributed by atoms with Gasteiger partial charge in [-0.2, -0.15) is 0 Å². The first-order chi connectivity index (χ1) is 13.3. The minimum absolute atomic E-state index is 0.105. The molecule has 3 N–H and O–H groups in total. The summed E-state index contributed by atoms with van der Waals surface area (Å²) in [7, 11) is 0. The van der Waals surface area contributed by atoms with Crippen molar-refractivity contribution in [1.82, 2.24) is 10.2 Å². The molecule has 2 heterocycles. The first-order valence-electron chi connectivity index (χ1n) is 8.65. The van der Waals surface area contributed by atoms with Gasteiger partial charge in [-0.05, 0) is 5.56 Å². The smallest absolute Gasteiger partial charge is 0.317 e. The third kappa shape index (κ3) is 4.18. The van der Waals surface area contributed by atoms with Crippen molar-refractivity contribution in [1.29, 1.82) is 0 Å². The van der Waals surface area contributed by atoms with Crippen molar-refractivity contribution in [3.05, 3.63) is 35.9 Å². The Morgan fingerprint density at radius 1 is 1.32 bits per heavy atom. The van der Waals surface area contributed by atoms with Crippen LogP contribution in [0.5, 0.6) is 0 Å². The number of carbonyl (C=O) groups excluding carboxylic acids is 3. The molecule has 0 aromatic heterocycles. The molecule has 0 aliphatic carbocycles. The lowest BCUT2D eigenvalue weighted by Gasteiger charge is -2.52. The molecular weight excluding hydrogens is 404 g/mol. The number of carbonyl (C=O) groups is 4. The number of hydrogen-bond donors (Lipinski definition) is 3. The molecule has 0 spiro atoms. The summed E-state index contributed by atoms with van der Waals surface area (Å²) in [6.07, 6.45) is -1.41. The van der Waals surface area contributed by atoms with Crippen LogP contribution < -0.4 is 5.32 Å². The van der Waals surface area contributed by atoms with E-state index >= 15 is 0 Å². The summed E-state index contributed by atoms with van der Waals surface area (Å²) in [5.74, 6) is -2.06. The molecular formula is C18H20N2O6S2. The summed E-state index contributed by atoms with van der Waals surface area (Å²) in [5.41, 5.74) is 0.407. The Labute approximate surface area is 170 Å². The zero-order chi connectivity index (χ0) is 20.4. The largest absolute Gasteiger partial charge is 0.480 e. The predicted molar refractivity (Wildman–Crippen MR) is 104 cm³/mol. The molecule has 4 unspecified atom stereocenters. The van der Waals surface area contributed by atoms with Crippen molar-refractivity contribution < 1.29 is 29.4 Å². The molecule has 2 saturated heterocycles. The monoisotopic (exact) mass is 424 g/mol. The summed E-state index contributed by atoms with van der Waals surface area (Å²) in [5, 5.41) is 20.8. The highest BCUT2D eigenvalue weighted by Gasteiger charge is 2.55. The number of aliphatic carboxylic acids is 1. The summed E-state index contributed by atoms with van der Waals surface area (Å²) >= 11 is 2.14. The van der Waals surface area contributed by atoms with E-state index < -0.39 is 34.6 Å². The van der Waals surface area contributed by atoms with Crippen LogP contribution in [-0.4, -0.2) is 67.0 Å². The van der Waals surface area contributed by atoms with Crippen LogP contribution in [0.1, 0.15) is 18.6 Å². The van der Waals surface area contributed by atoms with E-state index in [-0.39, 0.29) is 23.5 Å². The molecule has 0 radical (unpaired) electrons. The van der Waals surface area contributed by atoms with E-state index in [2.05, 4.69) is 5.32 Å². The summed E-state index contributed by atoms with van der Waals surface area (Å²) in [6.45, 7) is 1.64. The Balaban J connectivity index is 1.65. The zero-order valence-corrected chi connectivity index (χ0v) is 16.6. The SMILES string of the molecule is CC(=O)SCC1CN2C(=O)C(NC(=O)C(O)c3ccccc3)[C@H]2SC1C(=O)O. The van der Waals surface area contributed by atoms with Crippen LogP contribution in [0.2, 0.25) is 0 Å². The number of thioether (sulfide) groups is 2. The Morgan fingerprint density at radius 3 is 2.61 bits per heavy atom. The Bertz CT molecular complexity index is 790. The van der Waals surface area contributed by atoms with Gasteiger partial charge in [0.2, 0.25) is 5.91 Å². The predicted octanol–water partition coefficient (Wildman–Crippen LogP) is 0.469. The van der Waals surface area contributed by atoms with E-state index in [4.69, 9.17) is 0 Å². The minimum atomic E-state index is -1.41. The molecule has 3 rings (SSSR count). The molecule has 2 amide bonds. The van der Waals surface area contributed by atoms with E-state index in [0.717, 1.165) is 23.5 Å². The highest BCUT2D eigenvalue weighted by Crippen LogP contribution is 2.42. The van der Waals surface area contributed by atoms with Gasteiger partial charge in [-0.3, -0.25) is 19.2 Å². The molecule has 2 aliphatic rings. The Kier molecular flexibility index (Phi) is 6.31. The third-order valence-electron chi connectivity index (χ3n) is 4.69. The second-order valence-electron chi connectivity index (χ2n) is 6.64.